The Balaban J connectivity index is 3.69. The van der Waals surface area contributed by atoms with Crippen LogP contribution in [0.25, 0.3) is 0 Å². The molecule has 0 aliphatic heterocycles. The van der Waals surface area contributed by atoms with Gasteiger partial charge in [0.25, 0.3) is 0 Å². The number of rotatable bonds is 6. The van der Waals surface area contributed by atoms with Crippen LogP contribution in [0.1, 0.15) is 6.92 Å². The van der Waals surface area contributed by atoms with Crippen molar-refractivity contribution in [3.8, 4) is 0 Å². The molecule has 0 aromatic rings. The van der Waals surface area contributed by atoms with Crippen molar-refractivity contribution in [1.82, 2.24) is 5.32 Å². The summed E-state index contributed by atoms with van der Waals surface area (Å²) in [4.78, 5) is 15.5. The zero-order valence-electron chi connectivity index (χ0n) is 9.26. The van der Waals surface area contributed by atoms with Gasteiger partial charge in [-0.2, -0.15) is 0 Å². The Bertz CT molecular complexity index is 275. The molecule has 0 bridgehead atoms. The van der Waals surface area contributed by atoms with E-state index in [1.807, 2.05) is 6.26 Å². The van der Waals surface area contributed by atoms with Crippen molar-refractivity contribution < 1.29 is 18.9 Å². The van der Waals surface area contributed by atoms with E-state index in [2.05, 4.69) is 15.3 Å². The molecule has 0 spiro atoms. The Morgan fingerprint density at radius 3 is 2.81 bits per heavy atom. The molecule has 0 heterocycles. The predicted octanol–water partition coefficient (Wildman–Crippen LogP) is 2.45. The average molecular weight is 285 g/mol. The van der Waals surface area contributed by atoms with Crippen LogP contribution in [0.3, 0.4) is 0 Å². The maximum atomic E-state index is 11.2. The SMILES string of the molecule is COCS[P+](=O)CNC(=O)ON=C(C)SC. The van der Waals surface area contributed by atoms with Gasteiger partial charge >= 0.3 is 13.1 Å². The number of carbonyl (C=O) groups excluding carboxylic acids is 1. The number of nitrogens with one attached hydrogen (secondary N) is 1. The van der Waals surface area contributed by atoms with Crippen LogP contribution in [0, 0.1) is 0 Å². The van der Waals surface area contributed by atoms with Crippen LogP contribution in [0.5, 0.6) is 0 Å². The lowest BCUT2D eigenvalue weighted by Gasteiger charge is -1.97. The topological polar surface area (TPSA) is 77.0 Å². The van der Waals surface area contributed by atoms with Crippen molar-refractivity contribution >= 4 is 41.3 Å². The Hall–Kier alpha value is -0.300. The largest absolute Gasteiger partial charge is 0.436 e. The summed E-state index contributed by atoms with van der Waals surface area (Å²) in [6.45, 7) is 1.72. The van der Waals surface area contributed by atoms with Gasteiger partial charge in [-0.15, -0.1) is 11.8 Å². The van der Waals surface area contributed by atoms with Crippen molar-refractivity contribution in [2.24, 2.45) is 5.16 Å². The van der Waals surface area contributed by atoms with Gasteiger partial charge in [0.05, 0.1) is 0 Å². The van der Waals surface area contributed by atoms with Gasteiger partial charge in [0.15, 0.2) is 11.4 Å². The molecule has 1 atom stereocenters. The number of ether oxygens (including phenoxy) is 1. The second-order valence-corrected chi connectivity index (χ2v) is 6.87. The van der Waals surface area contributed by atoms with Crippen LogP contribution in [0.4, 0.5) is 4.79 Å². The Morgan fingerprint density at radius 1 is 1.56 bits per heavy atom. The number of thioether (sulfide) groups is 1. The third-order valence-electron chi connectivity index (χ3n) is 1.22. The second kappa shape index (κ2) is 9.89. The number of hydrogen-bond donors (Lipinski definition) is 1. The van der Waals surface area contributed by atoms with Crippen molar-refractivity contribution in [3.05, 3.63) is 0 Å². The first-order valence-corrected chi connectivity index (χ1v) is 8.46. The molecule has 0 aliphatic carbocycles. The molecule has 16 heavy (non-hydrogen) atoms. The van der Waals surface area contributed by atoms with Crippen LogP contribution in [-0.4, -0.2) is 36.7 Å². The van der Waals surface area contributed by atoms with Gasteiger partial charge in [-0.25, -0.2) is 4.79 Å². The van der Waals surface area contributed by atoms with E-state index in [9.17, 15) is 9.36 Å². The first kappa shape index (κ1) is 15.7. The predicted molar refractivity (Wildman–Crippen MR) is 68.2 cm³/mol. The molecule has 6 nitrogen and oxygen atoms in total. The zero-order valence-corrected chi connectivity index (χ0v) is 11.8. The van der Waals surface area contributed by atoms with Crippen LogP contribution in [0.2, 0.25) is 0 Å². The highest BCUT2D eigenvalue weighted by Gasteiger charge is 2.18. The normalized spacial score (nSPS) is 12.2. The van der Waals surface area contributed by atoms with E-state index in [0.29, 0.717) is 11.0 Å². The van der Waals surface area contributed by atoms with Crippen molar-refractivity contribution in [3.63, 3.8) is 0 Å². The molecule has 0 saturated carbocycles. The Kier molecular flexibility index (Phi) is 9.71. The van der Waals surface area contributed by atoms with E-state index in [1.54, 1.807) is 6.92 Å². The van der Waals surface area contributed by atoms with Gasteiger partial charge in [-0.1, -0.05) is 9.72 Å². The maximum Gasteiger partial charge on any atom is 0.436 e. The summed E-state index contributed by atoms with van der Waals surface area (Å²) >= 11 is 2.49. The highest BCUT2D eigenvalue weighted by atomic mass is 32.7. The van der Waals surface area contributed by atoms with Gasteiger partial charge in [0, 0.05) is 7.11 Å². The average Bonchev–Trinajstić information content (AvgIpc) is 2.30. The number of methoxy groups -OCH3 is 1. The molecule has 9 heteroatoms. The standard InChI is InChI=1S/C7H13N2O4PS2/c1-6(15-3)9-13-7(10)8-4-14(11)16-5-12-2/h4-5H2,1-3H3/p+1. The molecule has 1 unspecified atom stereocenters. The first-order valence-electron chi connectivity index (χ1n) is 4.20. The summed E-state index contributed by atoms with van der Waals surface area (Å²) in [5.74, 6) is 0.329. The van der Waals surface area contributed by atoms with Crippen molar-refractivity contribution in [2.75, 3.05) is 25.6 Å². The summed E-state index contributed by atoms with van der Waals surface area (Å²) in [6, 6.07) is 0. The lowest BCUT2D eigenvalue weighted by atomic mass is 10.9. The third-order valence-corrected chi connectivity index (χ3v) is 4.50. The van der Waals surface area contributed by atoms with Crippen LogP contribution >= 0.6 is 30.1 Å². The Labute approximate surface area is 103 Å². The van der Waals surface area contributed by atoms with E-state index in [-0.39, 0.29) is 6.29 Å². The quantitative estimate of drug-likeness (QED) is 0.202. The van der Waals surface area contributed by atoms with Crippen LogP contribution < -0.4 is 5.32 Å². The summed E-state index contributed by atoms with van der Waals surface area (Å²) in [7, 11) is -0.0609. The number of hydrogen-bond acceptors (Lipinski definition) is 7. The molecule has 1 N–H and O–H groups in total. The summed E-state index contributed by atoms with van der Waals surface area (Å²) < 4.78 is 15.9. The fourth-order valence-corrected chi connectivity index (χ4v) is 2.28. The molecule has 0 fully saturated rings. The minimum atomic E-state index is -1.57. The van der Waals surface area contributed by atoms with Crippen molar-refractivity contribution in [1.29, 1.82) is 0 Å². The summed E-state index contributed by atoms with van der Waals surface area (Å²) in [5.41, 5.74) is 0. The van der Waals surface area contributed by atoms with Crippen molar-refractivity contribution in [2.45, 2.75) is 6.92 Å². The van der Waals surface area contributed by atoms with Crippen LogP contribution in [-0.2, 0) is 14.1 Å². The fourth-order valence-electron chi connectivity index (χ4n) is 0.462. The third kappa shape index (κ3) is 8.96. The van der Waals surface area contributed by atoms with E-state index in [1.165, 1.54) is 18.9 Å². The van der Waals surface area contributed by atoms with Gasteiger partial charge in [0.1, 0.15) is 11.0 Å². The highest BCUT2D eigenvalue weighted by Crippen LogP contribution is 2.35. The van der Waals surface area contributed by atoms with E-state index in [0.717, 1.165) is 11.4 Å². The number of nitrogens with zero attached hydrogens (tertiary/aromatic N) is 1. The van der Waals surface area contributed by atoms with E-state index in [4.69, 9.17) is 4.74 Å². The molecular formula is C7H14N2O4PS2+. The maximum absolute atomic E-state index is 11.2. The molecule has 0 rings (SSSR count). The van der Waals surface area contributed by atoms with E-state index < -0.39 is 13.1 Å². The number of carbonyl (C=O) groups is 1. The second-order valence-electron chi connectivity index (χ2n) is 2.40. The fraction of sp³-hybridized carbons (Fsp3) is 0.714. The highest BCUT2D eigenvalue weighted by molar-refractivity contribution is 8.51. The molecule has 0 aromatic heterocycles. The molecule has 0 aromatic carbocycles. The molecule has 0 radical (unpaired) electrons. The molecular weight excluding hydrogens is 271 g/mol. The van der Waals surface area contributed by atoms with Gasteiger partial charge in [-0.05, 0) is 13.2 Å². The molecule has 0 aliphatic rings. The number of amides is 1. The Morgan fingerprint density at radius 2 is 2.25 bits per heavy atom. The lowest BCUT2D eigenvalue weighted by molar-refractivity contribution is 0.153. The lowest BCUT2D eigenvalue weighted by Crippen LogP contribution is -2.21. The zero-order chi connectivity index (χ0) is 12.4. The summed E-state index contributed by atoms with van der Waals surface area (Å²) in [6.07, 6.45) is 1.14. The minimum absolute atomic E-state index is 0.0377. The minimum Gasteiger partial charge on any atom is -0.370 e. The first-order chi connectivity index (χ1) is 7.60. The molecule has 92 valence electrons. The monoisotopic (exact) mass is 285 g/mol. The van der Waals surface area contributed by atoms with E-state index >= 15 is 0 Å². The van der Waals surface area contributed by atoms with Gasteiger partial charge < -0.3 is 4.74 Å². The van der Waals surface area contributed by atoms with Crippen LogP contribution in [0.15, 0.2) is 5.16 Å². The van der Waals surface area contributed by atoms with Gasteiger partial charge in [-0.3, -0.25) is 10.2 Å². The number of oxime groups is 1. The smallest absolute Gasteiger partial charge is 0.370 e. The molecule has 1 amide bonds. The van der Waals surface area contributed by atoms with Gasteiger partial charge in [0.2, 0.25) is 6.29 Å². The summed E-state index contributed by atoms with van der Waals surface area (Å²) in [5, 5.41) is 6.49. The molecule has 0 saturated heterocycles.